The number of hydrogen-bond acceptors (Lipinski definition) is 2. The maximum atomic E-state index is 10.8. The molecular formula is C9H14O2. The molecule has 2 heteroatoms. The zero-order valence-electron chi connectivity index (χ0n) is 7.31. The van der Waals surface area contributed by atoms with E-state index in [0.717, 1.165) is 12.0 Å². The van der Waals surface area contributed by atoms with Crippen molar-refractivity contribution >= 4 is 5.97 Å². The molecule has 0 heterocycles. The van der Waals surface area contributed by atoms with Crippen LogP contribution in [0.15, 0.2) is 24.0 Å². The topological polar surface area (TPSA) is 26.3 Å². The zero-order chi connectivity index (χ0) is 8.85. The van der Waals surface area contributed by atoms with Crippen LogP contribution in [0.1, 0.15) is 27.2 Å². The molecule has 0 aromatic rings. The van der Waals surface area contributed by atoms with Gasteiger partial charge in [-0.1, -0.05) is 13.5 Å². The molecule has 0 aliphatic rings. The minimum atomic E-state index is -0.363. The van der Waals surface area contributed by atoms with Crippen molar-refractivity contribution in [2.75, 3.05) is 0 Å². The number of hydrogen-bond donors (Lipinski definition) is 0. The molecular weight excluding hydrogens is 140 g/mol. The molecule has 0 amide bonds. The summed E-state index contributed by atoms with van der Waals surface area (Å²) in [5.41, 5.74) is 1.46. The average Bonchev–Trinajstić information content (AvgIpc) is 1.99. The van der Waals surface area contributed by atoms with Crippen LogP contribution in [0.4, 0.5) is 0 Å². The second kappa shape index (κ2) is 4.72. The van der Waals surface area contributed by atoms with Crippen LogP contribution in [0.3, 0.4) is 0 Å². The molecule has 0 aromatic heterocycles. The first-order chi connectivity index (χ1) is 5.07. The van der Waals surface area contributed by atoms with Crippen LogP contribution in [-0.2, 0) is 9.53 Å². The maximum absolute atomic E-state index is 10.8. The third-order valence-corrected chi connectivity index (χ3v) is 1.27. The molecule has 0 radical (unpaired) electrons. The summed E-state index contributed by atoms with van der Waals surface area (Å²) in [4.78, 5) is 10.8. The SMILES string of the molecule is C=C(C)C(=O)OC=C(C)CC. The van der Waals surface area contributed by atoms with Gasteiger partial charge < -0.3 is 4.74 Å². The third-order valence-electron chi connectivity index (χ3n) is 1.27. The van der Waals surface area contributed by atoms with Gasteiger partial charge in [0.15, 0.2) is 0 Å². The predicted octanol–water partition coefficient (Wildman–Crippen LogP) is 2.42. The molecule has 0 saturated heterocycles. The van der Waals surface area contributed by atoms with Gasteiger partial charge in [0, 0.05) is 5.57 Å². The van der Waals surface area contributed by atoms with Gasteiger partial charge in [0.2, 0.25) is 0 Å². The van der Waals surface area contributed by atoms with Crippen molar-refractivity contribution in [3.63, 3.8) is 0 Å². The van der Waals surface area contributed by atoms with E-state index in [1.54, 1.807) is 6.92 Å². The predicted molar refractivity (Wildman–Crippen MR) is 45.0 cm³/mol. The van der Waals surface area contributed by atoms with Crippen LogP contribution >= 0.6 is 0 Å². The minimum absolute atomic E-state index is 0.363. The lowest BCUT2D eigenvalue weighted by atomic mass is 10.3. The highest BCUT2D eigenvalue weighted by atomic mass is 16.5. The van der Waals surface area contributed by atoms with Gasteiger partial charge in [-0.2, -0.15) is 0 Å². The molecule has 0 atom stereocenters. The molecule has 0 unspecified atom stereocenters. The summed E-state index contributed by atoms with van der Waals surface area (Å²) in [5, 5.41) is 0. The fourth-order valence-corrected chi connectivity index (χ4v) is 0.338. The smallest absolute Gasteiger partial charge is 0.337 e. The van der Waals surface area contributed by atoms with E-state index in [2.05, 4.69) is 6.58 Å². The quantitative estimate of drug-likeness (QED) is 0.354. The van der Waals surface area contributed by atoms with Gasteiger partial charge in [0.05, 0.1) is 6.26 Å². The van der Waals surface area contributed by atoms with Crippen molar-refractivity contribution in [2.45, 2.75) is 27.2 Å². The van der Waals surface area contributed by atoms with Crippen LogP contribution in [0.5, 0.6) is 0 Å². The summed E-state index contributed by atoms with van der Waals surface area (Å²) in [6, 6.07) is 0. The largest absolute Gasteiger partial charge is 0.431 e. The molecule has 0 spiro atoms. The van der Waals surface area contributed by atoms with E-state index < -0.39 is 0 Å². The van der Waals surface area contributed by atoms with Crippen LogP contribution < -0.4 is 0 Å². The van der Waals surface area contributed by atoms with E-state index in [4.69, 9.17) is 4.74 Å². The second-order valence-electron chi connectivity index (χ2n) is 2.50. The minimum Gasteiger partial charge on any atom is -0.431 e. The standard InChI is InChI=1S/C9H14O2/c1-5-8(4)6-11-9(10)7(2)3/h6H,2,5H2,1,3-4H3. The molecule has 11 heavy (non-hydrogen) atoms. The third kappa shape index (κ3) is 4.37. The van der Waals surface area contributed by atoms with Gasteiger partial charge in [-0.3, -0.25) is 0 Å². The normalized spacial score (nSPS) is 11.0. The van der Waals surface area contributed by atoms with Gasteiger partial charge >= 0.3 is 5.97 Å². The van der Waals surface area contributed by atoms with Gasteiger partial charge in [-0.05, 0) is 25.8 Å². The number of rotatable bonds is 3. The Hall–Kier alpha value is -1.05. The summed E-state index contributed by atoms with van der Waals surface area (Å²) in [7, 11) is 0. The zero-order valence-corrected chi connectivity index (χ0v) is 7.31. The molecule has 0 fully saturated rings. The Morgan fingerprint density at radius 2 is 2.09 bits per heavy atom. The molecule has 0 N–H and O–H groups in total. The highest BCUT2D eigenvalue weighted by Gasteiger charge is 1.99. The molecule has 2 nitrogen and oxygen atoms in total. The number of ether oxygens (including phenoxy) is 1. The van der Waals surface area contributed by atoms with Gasteiger partial charge in [-0.25, -0.2) is 4.79 Å². The molecule has 0 saturated carbocycles. The molecule has 62 valence electrons. The molecule has 0 aromatic carbocycles. The van der Waals surface area contributed by atoms with Crippen molar-refractivity contribution in [3.05, 3.63) is 24.0 Å². The van der Waals surface area contributed by atoms with E-state index in [0.29, 0.717) is 5.57 Å². The summed E-state index contributed by atoms with van der Waals surface area (Å²) in [6.07, 6.45) is 2.36. The lowest BCUT2D eigenvalue weighted by Gasteiger charge is -1.98. The number of carbonyl (C=O) groups excluding carboxylic acids is 1. The maximum Gasteiger partial charge on any atom is 0.337 e. The van der Waals surface area contributed by atoms with Crippen LogP contribution in [0, 0.1) is 0 Å². The summed E-state index contributed by atoms with van der Waals surface area (Å²) in [5.74, 6) is -0.363. The number of esters is 1. The van der Waals surface area contributed by atoms with E-state index in [1.165, 1.54) is 6.26 Å². The van der Waals surface area contributed by atoms with Gasteiger partial charge in [0.1, 0.15) is 0 Å². The number of allylic oxidation sites excluding steroid dienone is 1. The van der Waals surface area contributed by atoms with E-state index >= 15 is 0 Å². The Bertz CT molecular complexity index is 190. The average molecular weight is 154 g/mol. The van der Waals surface area contributed by atoms with Crippen LogP contribution in [0.2, 0.25) is 0 Å². The van der Waals surface area contributed by atoms with Gasteiger partial charge in [-0.15, -0.1) is 0 Å². The fraction of sp³-hybridized carbons (Fsp3) is 0.444. The summed E-state index contributed by atoms with van der Waals surface area (Å²) in [6.45, 7) is 8.99. The Balaban J connectivity index is 3.88. The molecule has 0 aliphatic carbocycles. The van der Waals surface area contributed by atoms with E-state index in [-0.39, 0.29) is 5.97 Å². The van der Waals surface area contributed by atoms with E-state index in [1.807, 2.05) is 13.8 Å². The fourth-order valence-electron chi connectivity index (χ4n) is 0.338. The van der Waals surface area contributed by atoms with Crippen LogP contribution in [0.25, 0.3) is 0 Å². The van der Waals surface area contributed by atoms with Crippen molar-refractivity contribution in [1.82, 2.24) is 0 Å². The molecule has 0 rings (SSSR count). The van der Waals surface area contributed by atoms with Crippen molar-refractivity contribution in [3.8, 4) is 0 Å². The Morgan fingerprint density at radius 1 is 1.55 bits per heavy atom. The molecule has 0 aliphatic heterocycles. The first-order valence-electron chi connectivity index (χ1n) is 3.60. The summed E-state index contributed by atoms with van der Waals surface area (Å²) >= 11 is 0. The molecule has 0 bridgehead atoms. The first-order valence-corrected chi connectivity index (χ1v) is 3.60. The van der Waals surface area contributed by atoms with Crippen LogP contribution in [-0.4, -0.2) is 5.97 Å². The highest BCUT2D eigenvalue weighted by molar-refractivity contribution is 5.87. The lowest BCUT2D eigenvalue weighted by molar-refractivity contribution is -0.133. The lowest BCUT2D eigenvalue weighted by Crippen LogP contribution is -1.99. The summed E-state index contributed by atoms with van der Waals surface area (Å²) < 4.78 is 4.76. The first kappa shape index (κ1) is 9.95. The van der Waals surface area contributed by atoms with E-state index in [9.17, 15) is 4.79 Å². The number of carbonyl (C=O) groups is 1. The van der Waals surface area contributed by atoms with Crippen molar-refractivity contribution < 1.29 is 9.53 Å². The van der Waals surface area contributed by atoms with Crippen molar-refractivity contribution in [1.29, 1.82) is 0 Å². The van der Waals surface area contributed by atoms with Crippen molar-refractivity contribution in [2.24, 2.45) is 0 Å². The highest BCUT2D eigenvalue weighted by Crippen LogP contribution is 2.00. The van der Waals surface area contributed by atoms with Gasteiger partial charge in [0.25, 0.3) is 0 Å². The second-order valence-corrected chi connectivity index (χ2v) is 2.50. The monoisotopic (exact) mass is 154 g/mol. The Kier molecular flexibility index (Phi) is 4.27. The Labute approximate surface area is 67.6 Å². The Morgan fingerprint density at radius 3 is 2.45 bits per heavy atom.